The zero-order valence-electron chi connectivity index (χ0n) is 10.9. The molecule has 0 heterocycles. The Labute approximate surface area is 113 Å². The monoisotopic (exact) mass is 288 g/mol. The van der Waals surface area contributed by atoms with Crippen molar-refractivity contribution < 1.29 is 32.2 Å². The van der Waals surface area contributed by atoms with E-state index < -0.39 is 12.0 Å². The second kappa shape index (κ2) is 6.19. The van der Waals surface area contributed by atoms with Crippen LogP contribution in [0.15, 0.2) is 12.1 Å². The lowest BCUT2D eigenvalue weighted by Crippen LogP contribution is -2.20. The highest BCUT2D eigenvalue weighted by Gasteiger charge is 2.37. The van der Waals surface area contributed by atoms with Gasteiger partial charge in [0.05, 0.1) is 21.3 Å². The largest absolute Gasteiger partial charge is 0.493 e. The lowest BCUT2D eigenvalue weighted by Gasteiger charge is -2.12. The van der Waals surface area contributed by atoms with E-state index in [1.165, 1.54) is 39.4 Å². The molecular weight excluding hydrogens is 277 g/mol. The fourth-order valence-electron chi connectivity index (χ4n) is 1.35. The molecule has 0 atom stereocenters. The first-order chi connectivity index (χ1) is 9.33. The zero-order chi connectivity index (χ0) is 15.3. The molecule has 0 aromatic heterocycles. The number of hydrogen-bond donors (Lipinski definition) is 0. The quantitative estimate of drug-likeness (QED) is 0.800. The van der Waals surface area contributed by atoms with E-state index in [1.807, 2.05) is 0 Å². The fraction of sp³-hybridized carbons (Fsp3) is 0.308. The van der Waals surface area contributed by atoms with Crippen molar-refractivity contribution in [1.82, 2.24) is 0 Å². The topological polar surface area (TPSA) is 44.8 Å². The van der Waals surface area contributed by atoms with Crippen molar-refractivity contribution in [2.75, 3.05) is 21.3 Å². The van der Waals surface area contributed by atoms with Crippen molar-refractivity contribution in [1.29, 1.82) is 0 Å². The number of hydrogen-bond acceptors (Lipinski definition) is 4. The summed E-state index contributed by atoms with van der Waals surface area (Å²) in [4.78, 5) is 10.7. The van der Waals surface area contributed by atoms with Gasteiger partial charge in [-0.05, 0) is 18.1 Å². The van der Waals surface area contributed by atoms with Gasteiger partial charge >= 0.3 is 12.0 Å². The molecule has 0 aliphatic carbocycles. The molecular formula is C13H11F3O4. The first-order valence-corrected chi connectivity index (χ1v) is 5.26. The van der Waals surface area contributed by atoms with E-state index in [2.05, 4.69) is 5.92 Å². The Morgan fingerprint density at radius 1 is 1.05 bits per heavy atom. The Morgan fingerprint density at radius 2 is 1.55 bits per heavy atom. The van der Waals surface area contributed by atoms with E-state index in [9.17, 15) is 18.0 Å². The van der Waals surface area contributed by atoms with E-state index in [4.69, 9.17) is 14.2 Å². The minimum atomic E-state index is -4.98. The molecule has 0 aliphatic heterocycles. The van der Waals surface area contributed by atoms with Crippen molar-refractivity contribution in [3.63, 3.8) is 0 Å². The van der Waals surface area contributed by atoms with Crippen LogP contribution in [0.5, 0.6) is 17.2 Å². The van der Waals surface area contributed by atoms with Crippen molar-refractivity contribution in [3.05, 3.63) is 17.7 Å². The number of carbonyl (C=O) groups is 1. The third kappa shape index (κ3) is 3.57. The van der Waals surface area contributed by atoms with E-state index in [0.717, 1.165) is 0 Å². The van der Waals surface area contributed by atoms with Crippen LogP contribution < -0.4 is 14.2 Å². The van der Waals surface area contributed by atoms with Crippen LogP contribution in [0.4, 0.5) is 13.2 Å². The molecule has 0 N–H and O–H groups in total. The lowest BCUT2D eigenvalue weighted by molar-refractivity contribution is -0.164. The van der Waals surface area contributed by atoms with Crippen molar-refractivity contribution >= 4 is 5.78 Å². The summed E-state index contributed by atoms with van der Waals surface area (Å²) in [5, 5.41) is 0. The zero-order valence-corrected chi connectivity index (χ0v) is 10.9. The molecule has 1 rings (SSSR count). The number of alkyl halides is 3. The number of ether oxygens (including phenoxy) is 3. The van der Waals surface area contributed by atoms with Crippen LogP contribution >= 0.6 is 0 Å². The second-order valence-corrected chi connectivity index (χ2v) is 3.49. The predicted octanol–water partition coefficient (Wildman–Crippen LogP) is 2.20. The van der Waals surface area contributed by atoms with Gasteiger partial charge < -0.3 is 14.2 Å². The van der Waals surface area contributed by atoms with Crippen LogP contribution in [-0.4, -0.2) is 33.3 Å². The maximum Gasteiger partial charge on any atom is 0.462 e. The molecule has 0 amide bonds. The number of methoxy groups -OCH3 is 3. The van der Waals surface area contributed by atoms with Gasteiger partial charge in [0.15, 0.2) is 11.5 Å². The Hall–Kier alpha value is -2.36. The van der Waals surface area contributed by atoms with Crippen LogP contribution in [0, 0.1) is 11.8 Å². The van der Waals surface area contributed by atoms with Gasteiger partial charge in [0.1, 0.15) is 0 Å². The molecule has 0 bridgehead atoms. The normalized spacial score (nSPS) is 10.3. The Kier molecular flexibility index (Phi) is 4.86. The molecule has 4 nitrogen and oxygen atoms in total. The molecule has 7 heteroatoms. The van der Waals surface area contributed by atoms with Crippen LogP contribution in [0.1, 0.15) is 5.56 Å². The highest BCUT2D eigenvalue weighted by atomic mass is 19.4. The molecule has 0 saturated heterocycles. The molecule has 0 fully saturated rings. The fourth-order valence-corrected chi connectivity index (χ4v) is 1.35. The van der Waals surface area contributed by atoms with E-state index >= 15 is 0 Å². The van der Waals surface area contributed by atoms with Crippen molar-refractivity contribution in [3.8, 4) is 29.1 Å². The lowest BCUT2D eigenvalue weighted by atomic mass is 10.1. The maximum absolute atomic E-state index is 12.0. The summed E-state index contributed by atoms with van der Waals surface area (Å²) in [5.41, 5.74) is 0.136. The Balaban J connectivity index is 3.22. The number of ketones is 1. The highest BCUT2D eigenvalue weighted by molar-refractivity contribution is 6.00. The predicted molar refractivity (Wildman–Crippen MR) is 64.0 cm³/mol. The number of carbonyl (C=O) groups excluding carboxylic acids is 1. The minimum Gasteiger partial charge on any atom is -0.493 e. The van der Waals surface area contributed by atoms with Crippen LogP contribution in [-0.2, 0) is 4.79 Å². The summed E-state index contributed by atoms with van der Waals surface area (Å²) in [7, 11) is 4.10. The number of benzene rings is 1. The second-order valence-electron chi connectivity index (χ2n) is 3.49. The first-order valence-electron chi connectivity index (χ1n) is 5.26. The average molecular weight is 288 g/mol. The van der Waals surface area contributed by atoms with E-state index in [-0.39, 0.29) is 22.8 Å². The third-order valence-electron chi connectivity index (χ3n) is 2.24. The van der Waals surface area contributed by atoms with E-state index in [1.54, 1.807) is 0 Å². The molecule has 1 aromatic carbocycles. The van der Waals surface area contributed by atoms with Gasteiger partial charge in [0, 0.05) is 5.56 Å². The molecule has 0 spiro atoms. The van der Waals surface area contributed by atoms with E-state index in [0.29, 0.717) is 0 Å². The number of halogens is 3. The standard InChI is InChI=1S/C13H11F3O4/c1-18-9-6-8(4-5-11(17)13(14,15)16)7-10(19-2)12(9)20-3/h6-7H,1-3H3. The first kappa shape index (κ1) is 15.7. The summed E-state index contributed by atoms with van der Waals surface area (Å²) in [6.07, 6.45) is -4.98. The van der Waals surface area contributed by atoms with Crippen LogP contribution in [0.25, 0.3) is 0 Å². The highest BCUT2D eigenvalue weighted by Crippen LogP contribution is 2.37. The van der Waals surface area contributed by atoms with Gasteiger partial charge in [-0.15, -0.1) is 0 Å². The smallest absolute Gasteiger partial charge is 0.462 e. The maximum atomic E-state index is 12.0. The van der Waals surface area contributed by atoms with Gasteiger partial charge in [-0.2, -0.15) is 13.2 Å². The number of rotatable bonds is 3. The number of Topliss-reactive ketones (excluding diaryl/α,β-unsaturated/α-hetero) is 1. The summed E-state index contributed by atoms with van der Waals surface area (Å²) in [6, 6.07) is 2.69. The molecule has 1 aromatic rings. The SMILES string of the molecule is COc1cc(C#CC(=O)C(F)(F)F)cc(OC)c1OC. The van der Waals surface area contributed by atoms with Gasteiger partial charge in [-0.3, -0.25) is 4.79 Å². The summed E-state index contributed by atoms with van der Waals surface area (Å²) in [5.74, 6) is 2.25. The minimum absolute atomic E-state index is 0.136. The summed E-state index contributed by atoms with van der Waals surface area (Å²) >= 11 is 0. The Morgan fingerprint density at radius 3 is 1.90 bits per heavy atom. The van der Waals surface area contributed by atoms with Gasteiger partial charge in [-0.25, -0.2) is 0 Å². The van der Waals surface area contributed by atoms with Crippen LogP contribution in [0.2, 0.25) is 0 Å². The van der Waals surface area contributed by atoms with Gasteiger partial charge in [0.2, 0.25) is 5.75 Å². The molecule has 108 valence electrons. The van der Waals surface area contributed by atoms with Gasteiger partial charge in [0.25, 0.3) is 0 Å². The molecule has 20 heavy (non-hydrogen) atoms. The average Bonchev–Trinajstić information content (AvgIpc) is 2.42. The third-order valence-corrected chi connectivity index (χ3v) is 2.24. The summed E-state index contributed by atoms with van der Waals surface area (Å²) < 4.78 is 51.2. The molecule has 0 radical (unpaired) electrons. The Bertz CT molecular complexity index is 542. The van der Waals surface area contributed by atoms with Crippen molar-refractivity contribution in [2.45, 2.75) is 6.18 Å². The van der Waals surface area contributed by atoms with Crippen LogP contribution in [0.3, 0.4) is 0 Å². The summed E-state index contributed by atoms with van der Waals surface area (Å²) in [6.45, 7) is 0. The molecule has 0 saturated carbocycles. The van der Waals surface area contributed by atoms with Crippen molar-refractivity contribution in [2.24, 2.45) is 0 Å². The molecule has 0 aliphatic rings. The molecule has 0 unspecified atom stereocenters. The van der Waals surface area contributed by atoms with Gasteiger partial charge in [-0.1, -0.05) is 5.92 Å².